The molecule has 1 unspecified atom stereocenters. The minimum atomic E-state index is -1.07. The lowest BCUT2D eigenvalue weighted by molar-refractivity contribution is -0.0819. The molecule has 0 radical (unpaired) electrons. The fourth-order valence-corrected chi connectivity index (χ4v) is 1.67. The molecule has 0 aromatic carbocycles. The molecule has 1 saturated heterocycles. The van der Waals surface area contributed by atoms with Crippen LogP contribution in [0.1, 0.15) is 10.4 Å². The normalized spacial score (nSPS) is 19.4. The van der Waals surface area contributed by atoms with Gasteiger partial charge in [0.15, 0.2) is 0 Å². The molecule has 1 aromatic heterocycles. The van der Waals surface area contributed by atoms with E-state index in [0.717, 1.165) is 0 Å². The molecule has 1 fully saturated rings. The summed E-state index contributed by atoms with van der Waals surface area (Å²) in [4.78, 5) is 14.9. The summed E-state index contributed by atoms with van der Waals surface area (Å²) in [6.07, 6.45) is 1.33. The Morgan fingerprint density at radius 2 is 2.44 bits per heavy atom. The predicted molar refractivity (Wildman–Crippen MR) is 64.7 cm³/mol. The van der Waals surface area contributed by atoms with E-state index in [1.54, 1.807) is 0 Å². The molecule has 0 spiro atoms. The van der Waals surface area contributed by atoms with Crippen molar-refractivity contribution in [3.05, 3.63) is 17.8 Å². The van der Waals surface area contributed by atoms with E-state index in [0.29, 0.717) is 32.2 Å². The van der Waals surface area contributed by atoms with E-state index in [1.807, 2.05) is 0 Å². The van der Waals surface area contributed by atoms with Gasteiger partial charge in [0.25, 0.3) is 0 Å². The maximum Gasteiger partial charge on any atom is 0.337 e. The van der Waals surface area contributed by atoms with E-state index in [2.05, 4.69) is 10.3 Å². The van der Waals surface area contributed by atoms with Crippen molar-refractivity contribution < 1.29 is 19.4 Å². The average Bonchev–Trinajstić information content (AvgIpc) is 2.38. The second-order valence-corrected chi connectivity index (χ2v) is 3.87. The second kappa shape index (κ2) is 5.65. The van der Waals surface area contributed by atoms with Gasteiger partial charge in [-0.15, -0.1) is 0 Å². The number of rotatable bonds is 4. The summed E-state index contributed by atoms with van der Waals surface area (Å²) >= 11 is 0. The summed E-state index contributed by atoms with van der Waals surface area (Å²) in [5, 5.41) is 11.9. The Morgan fingerprint density at radius 1 is 1.61 bits per heavy atom. The Kier molecular flexibility index (Phi) is 3.96. The van der Waals surface area contributed by atoms with Crippen LogP contribution >= 0.6 is 0 Å². The van der Waals surface area contributed by atoms with Gasteiger partial charge in [-0.25, -0.2) is 9.78 Å². The fraction of sp³-hybridized carbons (Fsp3) is 0.455. The van der Waals surface area contributed by atoms with Crippen LogP contribution in [0.4, 0.5) is 11.5 Å². The number of ether oxygens (including phenoxy) is 2. The van der Waals surface area contributed by atoms with Crippen molar-refractivity contribution in [2.75, 3.05) is 37.4 Å². The van der Waals surface area contributed by atoms with Crippen LogP contribution in [0.3, 0.4) is 0 Å². The van der Waals surface area contributed by atoms with E-state index in [1.165, 1.54) is 12.3 Å². The minimum Gasteiger partial charge on any atom is -0.478 e. The van der Waals surface area contributed by atoms with Crippen LogP contribution in [0.25, 0.3) is 0 Å². The molecule has 1 atom stereocenters. The van der Waals surface area contributed by atoms with Gasteiger partial charge in [-0.3, -0.25) is 0 Å². The number of aromatic nitrogens is 1. The third-order valence-electron chi connectivity index (χ3n) is 2.60. The molecular weight excluding hydrogens is 238 g/mol. The van der Waals surface area contributed by atoms with Gasteiger partial charge < -0.3 is 25.6 Å². The van der Waals surface area contributed by atoms with Crippen molar-refractivity contribution in [3.63, 3.8) is 0 Å². The maximum atomic E-state index is 10.9. The molecular formula is C11H15N3O4. The third kappa shape index (κ3) is 2.88. The largest absolute Gasteiger partial charge is 0.478 e. The molecule has 0 bridgehead atoms. The Labute approximate surface area is 104 Å². The fourth-order valence-electron chi connectivity index (χ4n) is 1.67. The highest BCUT2D eigenvalue weighted by Gasteiger charge is 2.16. The van der Waals surface area contributed by atoms with Gasteiger partial charge in [0.05, 0.1) is 37.2 Å². The highest BCUT2D eigenvalue weighted by Crippen LogP contribution is 2.20. The van der Waals surface area contributed by atoms with Gasteiger partial charge in [-0.1, -0.05) is 0 Å². The van der Waals surface area contributed by atoms with Gasteiger partial charge in [0, 0.05) is 12.7 Å². The standard InChI is InChI=1S/C11H15N3O4/c12-9-8(11(15)16)1-2-13-10(9)14-5-7-6-17-3-4-18-7/h1-2,7H,3-6,12H2,(H,13,14)(H,15,16). The lowest BCUT2D eigenvalue weighted by Gasteiger charge is -2.23. The summed E-state index contributed by atoms with van der Waals surface area (Å²) in [5.74, 6) is -0.723. The summed E-state index contributed by atoms with van der Waals surface area (Å²) in [7, 11) is 0. The van der Waals surface area contributed by atoms with Crippen molar-refractivity contribution in [1.82, 2.24) is 4.98 Å². The van der Waals surface area contributed by atoms with Gasteiger partial charge in [0.1, 0.15) is 5.82 Å². The van der Waals surface area contributed by atoms with Crippen molar-refractivity contribution >= 4 is 17.5 Å². The molecule has 1 aliphatic rings. The first-order valence-electron chi connectivity index (χ1n) is 5.59. The van der Waals surface area contributed by atoms with Crippen LogP contribution in [0.5, 0.6) is 0 Å². The average molecular weight is 253 g/mol. The molecule has 2 rings (SSSR count). The first kappa shape index (κ1) is 12.6. The zero-order valence-electron chi connectivity index (χ0n) is 9.76. The molecule has 0 aliphatic carbocycles. The number of carbonyl (C=O) groups is 1. The summed E-state index contributed by atoms with van der Waals surface area (Å²) < 4.78 is 10.7. The number of nitrogens with two attached hydrogens (primary N) is 1. The van der Waals surface area contributed by atoms with Gasteiger partial charge in [0.2, 0.25) is 0 Å². The first-order chi connectivity index (χ1) is 8.68. The number of carboxylic acids is 1. The number of aromatic carboxylic acids is 1. The Hall–Kier alpha value is -1.86. The Balaban J connectivity index is 2.00. The monoisotopic (exact) mass is 253 g/mol. The van der Waals surface area contributed by atoms with E-state index >= 15 is 0 Å². The zero-order valence-corrected chi connectivity index (χ0v) is 9.76. The number of hydrogen-bond donors (Lipinski definition) is 3. The van der Waals surface area contributed by atoms with Gasteiger partial charge in [-0.05, 0) is 6.07 Å². The minimum absolute atomic E-state index is 0.0355. The van der Waals surface area contributed by atoms with Crippen LogP contribution in [-0.4, -0.2) is 48.5 Å². The number of nitrogens with zero attached hydrogens (tertiary/aromatic N) is 1. The van der Waals surface area contributed by atoms with Crippen LogP contribution in [0, 0.1) is 0 Å². The second-order valence-electron chi connectivity index (χ2n) is 3.87. The summed E-state index contributed by atoms with van der Waals surface area (Å²) in [6, 6.07) is 1.36. The van der Waals surface area contributed by atoms with Crippen LogP contribution < -0.4 is 11.1 Å². The van der Waals surface area contributed by atoms with Crippen molar-refractivity contribution in [3.8, 4) is 0 Å². The van der Waals surface area contributed by atoms with Crippen LogP contribution in [-0.2, 0) is 9.47 Å². The molecule has 98 valence electrons. The van der Waals surface area contributed by atoms with Gasteiger partial charge >= 0.3 is 5.97 Å². The smallest absolute Gasteiger partial charge is 0.337 e. The number of anilines is 2. The molecule has 0 amide bonds. The molecule has 7 nitrogen and oxygen atoms in total. The van der Waals surface area contributed by atoms with E-state index in [9.17, 15) is 4.79 Å². The lowest BCUT2D eigenvalue weighted by atomic mass is 10.2. The summed E-state index contributed by atoms with van der Waals surface area (Å²) in [5.41, 5.74) is 5.88. The van der Waals surface area contributed by atoms with Crippen molar-refractivity contribution in [2.24, 2.45) is 0 Å². The molecule has 1 aromatic rings. The van der Waals surface area contributed by atoms with Gasteiger partial charge in [-0.2, -0.15) is 0 Å². The number of pyridine rings is 1. The highest BCUT2D eigenvalue weighted by molar-refractivity contribution is 5.96. The molecule has 1 aliphatic heterocycles. The number of carboxylic acid groups (broad SMARTS) is 1. The Morgan fingerprint density at radius 3 is 3.11 bits per heavy atom. The number of hydrogen-bond acceptors (Lipinski definition) is 6. The molecule has 0 saturated carbocycles. The van der Waals surface area contributed by atoms with E-state index in [4.69, 9.17) is 20.3 Å². The zero-order chi connectivity index (χ0) is 13.0. The van der Waals surface area contributed by atoms with E-state index in [-0.39, 0.29) is 17.4 Å². The summed E-state index contributed by atoms with van der Waals surface area (Å²) in [6.45, 7) is 2.14. The van der Waals surface area contributed by atoms with E-state index < -0.39 is 5.97 Å². The molecule has 4 N–H and O–H groups in total. The predicted octanol–water partition coefficient (Wildman–Crippen LogP) is 0.189. The van der Waals surface area contributed by atoms with Crippen molar-refractivity contribution in [2.45, 2.75) is 6.10 Å². The lowest BCUT2D eigenvalue weighted by Crippen LogP contribution is -2.34. The number of nitrogens with one attached hydrogen (secondary N) is 1. The highest BCUT2D eigenvalue weighted by atomic mass is 16.6. The molecule has 7 heteroatoms. The van der Waals surface area contributed by atoms with Crippen LogP contribution in [0.2, 0.25) is 0 Å². The Bertz CT molecular complexity index is 432. The molecule has 2 heterocycles. The van der Waals surface area contributed by atoms with Crippen molar-refractivity contribution in [1.29, 1.82) is 0 Å². The first-order valence-corrected chi connectivity index (χ1v) is 5.59. The van der Waals surface area contributed by atoms with Crippen LogP contribution in [0.15, 0.2) is 12.3 Å². The maximum absolute atomic E-state index is 10.9. The quantitative estimate of drug-likeness (QED) is 0.703. The number of nitrogen functional groups attached to an aromatic ring is 1. The molecule has 18 heavy (non-hydrogen) atoms. The topological polar surface area (TPSA) is 107 Å². The third-order valence-corrected chi connectivity index (χ3v) is 2.60. The SMILES string of the molecule is Nc1c(C(=O)O)ccnc1NCC1COCCO1.